The molecule has 2 fully saturated rings. The van der Waals surface area contributed by atoms with Gasteiger partial charge in [-0.1, -0.05) is 0 Å². The Balaban J connectivity index is 1.77. The fraction of sp³-hybridized carbons (Fsp3) is 0.700. The zero-order valence-electron chi connectivity index (χ0n) is 8.91. The highest BCUT2D eigenvalue weighted by Crippen LogP contribution is 2.09. The van der Waals surface area contributed by atoms with Gasteiger partial charge >= 0.3 is 0 Å². The van der Waals surface area contributed by atoms with Gasteiger partial charge in [-0.05, 0) is 25.4 Å². The molecule has 2 saturated heterocycles. The van der Waals surface area contributed by atoms with E-state index in [1.165, 1.54) is 0 Å². The van der Waals surface area contributed by atoms with E-state index in [9.17, 15) is 14.4 Å². The van der Waals surface area contributed by atoms with Crippen LogP contribution in [-0.4, -0.2) is 36.9 Å². The van der Waals surface area contributed by atoms with Crippen LogP contribution in [0.3, 0.4) is 0 Å². The molecule has 6 heteroatoms. The molecule has 1 atom stereocenters. The average Bonchev–Trinajstić information content (AvgIpc) is 2.16. The van der Waals surface area contributed by atoms with Crippen LogP contribution in [0.5, 0.6) is 0 Å². The Morgan fingerprint density at radius 3 is 2.69 bits per heavy atom. The van der Waals surface area contributed by atoms with Gasteiger partial charge in [0.05, 0.1) is 0 Å². The zero-order chi connectivity index (χ0) is 11.5. The first-order valence-corrected chi connectivity index (χ1v) is 5.49. The summed E-state index contributed by atoms with van der Waals surface area (Å²) in [7, 11) is 0. The Morgan fingerprint density at radius 1 is 1.38 bits per heavy atom. The second-order valence-electron chi connectivity index (χ2n) is 4.30. The third-order valence-electron chi connectivity index (χ3n) is 2.91. The van der Waals surface area contributed by atoms with Gasteiger partial charge in [-0.15, -0.1) is 0 Å². The van der Waals surface area contributed by atoms with Crippen LogP contribution in [0.25, 0.3) is 0 Å². The second-order valence-corrected chi connectivity index (χ2v) is 4.30. The van der Waals surface area contributed by atoms with E-state index in [0.29, 0.717) is 25.2 Å². The lowest BCUT2D eigenvalue weighted by molar-refractivity contribution is -0.137. The largest absolute Gasteiger partial charge is 0.344 e. The van der Waals surface area contributed by atoms with E-state index in [2.05, 4.69) is 16.0 Å². The summed E-state index contributed by atoms with van der Waals surface area (Å²) < 4.78 is 0. The van der Waals surface area contributed by atoms with E-state index in [4.69, 9.17) is 0 Å². The van der Waals surface area contributed by atoms with Crippen molar-refractivity contribution in [2.45, 2.75) is 25.3 Å². The first-order chi connectivity index (χ1) is 7.65. The molecule has 2 aliphatic rings. The predicted octanol–water partition coefficient (Wildman–Crippen LogP) is -1.48. The topological polar surface area (TPSA) is 87.3 Å². The number of carbonyl (C=O) groups excluding carboxylic acids is 3. The number of hydrogen-bond acceptors (Lipinski definition) is 4. The predicted molar refractivity (Wildman–Crippen MR) is 55.3 cm³/mol. The number of hydrogen-bond donors (Lipinski definition) is 3. The summed E-state index contributed by atoms with van der Waals surface area (Å²) >= 11 is 0. The Bertz CT molecular complexity index is 325. The Hall–Kier alpha value is -1.43. The number of carbonyl (C=O) groups is 3. The highest BCUT2D eigenvalue weighted by atomic mass is 16.2. The molecule has 0 bridgehead atoms. The number of piperidine rings is 1. The van der Waals surface area contributed by atoms with Crippen LogP contribution in [0.1, 0.15) is 19.3 Å². The Morgan fingerprint density at radius 2 is 2.12 bits per heavy atom. The summed E-state index contributed by atoms with van der Waals surface area (Å²) in [5.41, 5.74) is 0. The summed E-state index contributed by atoms with van der Waals surface area (Å²) in [5.74, 6) is -0.385. The third kappa shape index (κ3) is 2.57. The molecule has 3 amide bonds. The van der Waals surface area contributed by atoms with E-state index in [0.717, 1.165) is 13.1 Å². The van der Waals surface area contributed by atoms with Crippen molar-refractivity contribution >= 4 is 17.7 Å². The molecule has 0 aromatic rings. The molecule has 88 valence electrons. The molecular weight excluding hydrogens is 210 g/mol. The Kier molecular flexibility index (Phi) is 3.19. The molecule has 2 heterocycles. The fourth-order valence-electron chi connectivity index (χ4n) is 1.84. The van der Waals surface area contributed by atoms with Crippen LogP contribution >= 0.6 is 0 Å². The molecule has 3 N–H and O–H groups in total. The fourth-order valence-corrected chi connectivity index (χ4v) is 1.84. The molecule has 2 rings (SSSR count). The molecule has 0 saturated carbocycles. The van der Waals surface area contributed by atoms with Crippen molar-refractivity contribution in [3.63, 3.8) is 0 Å². The van der Waals surface area contributed by atoms with Crippen molar-refractivity contribution in [2.24, 2.45) is 5.92 Å². The van der Waals surface area contributed by atoms with E-state index < -0.39 is 11.9 Å². The van der Waals surface area contributed by atoms with Crippen molar-refractivity contribution in [1.29, 1.82) is 0 Å². The van der Waals surface area contributed by atoms with E-state index >= 15 is 0 Å². The maximum absolute atomic E-state index is 11.5. The van der Waals surface area contributed by atoms with Crippen LogP contribution in [0.2, 0.25) is 0 Å². The minimum Gasteiger partial charge on any atom is -0.344 e. The van der Waals surface area contributed by atoms with Gasteiger partial charge in [0.25, 0.3) is 0 Å². The van der Waals surface area contributed by atoms with Gasteiger partial charge in [0, 0.05) is 12.8 Å². The molecule has 0 spiro atoms. The monoisotopic (exact) mass is 225 g/mol. The number of nitrogens with one attached hydrogen (secondary N) is 3. The van der Waals surface area contributed by atoms with E-state index in [1.807, 2.05) is 0 Å². The summed E-state index contributed by atoms with van der Waals surface area (Å²) in [6.07, 6.45) is 1.14. The maximum Gasteiger partial charge on any atom is 0.249 e. The third-order valence-corrected chi connectivity index (χ3v) is 2.91. The van der Waals surface area contributed by atoms with Crippen molar-refractivity contribution in [3.05, 3.63) is 0 Å². The van der Waals surface area contributed by atoms with Gasteiger partial charge in [0.2, 0.25) is 17.7 Å². The standard InChI is InChI=1S/C10H15N3O3/c14-8-2-1-7(10(16)13-8)12-9(15)3-6-4-11-5-6/h6-7,11H,1-5H2,(H,12,15)(H,13,14,16). The number of amides is 3. The summed E-state index contributed by atoms with van der Waals surface area (Å²) in [4.78, 5) is 33.8. The van der Waals surface area contributed by atoms with Crippen molar-refractivity contribution in [3.8, 4) is 0 Å². The average molecular weight is 225 g/mol. The minimum absolute atomic E-state index is 0.110. The highest BCUT2D eigenvalue weighted by molar-refractivity contribution is 6.01. The summed E-state index contributed by atoms with van der Waals surface area (Å²) in [5, 5.41) is 7.95. The quantitative estimate of drug-likeness (QED) is 0.511. The maximum atomic E-state index is 11.5. The van der Waals surface area contributed by atoms with Gasteiger partial charge in [-0.3, -0.25) is 19.7 Å². The van der Waals surface area contributed by atoms with Crippen molar-refractivity contribution in [1.82, 2.24) is 16.0 Å². The van der Waals surface area contributed by atoms with Crippen LogP contribution in [0, 0.1) is 5.92 Å². The molecule has 0 aromatic carbocycles. The smallest absolute Gasteiger partial charge is 0.249 e. The van der Waals surface area contributed by atoms with Gasteiger partial charge in [-0.25, -0.2) is 0 Å². The normalized spacial score (nSPS) is 25.9. The lowest BCUT2D eigenvalue weighted by atomic mass is 9.98. The lowest BCUT2D eigenvalue weighted by Crippen LogP contribution is -2.53. The van der Waals surface area contributed by atoms with Crippen LogP contribution in [0.4, 0.5) is 0 Å². The molecule has 0 aromatic heterocycles. The van der Waals surface area contributed by atoms with Gasteiger partial charge in [0.15, 0.2) is 0 Å². The second kappa shape index (κ2) is 4.61. The van der Waals surface area contributed by atoms with Crippen LogP contribution in [-0.2, 0) is 14.4 Å². The SMILES string of the molecule is O=C1CCC(NC(=O)CC2CNC2)C(=O)N1. The van der Waals surface area contributed by atoms with Gasteiger partial charge < -0.3 is 10.6 Å². The molecule has 1 unspecified atom stereocenters. The van der Waals surface area contributed by atoms with Crippen molar-refractivity contribution < 1.29 is 14.4 Å². The number of imide groups is 1. The van der Waals surface area contributed by atoms with E-state index in [-0.39, 0.29) is 11.8 Å². The molecular formula is C10H15N3O3. The first kappa shape index (κ1) is 11.1. The summed E-state index contributed by atoms with van der Waals surface area (Å²) in [6, 6.07) is -0.543. The Labute approximate surface area is 93.1 Å². The zero-order valence-corrected chi connectivity index (χ0v) is 8.91. The lowest BCUT2D eigenvalue weighted by Gasteiger charge is -2.28. The van der Waals surface area contributed by atoms with Crippen molar-refractivity contribution in [2.75, 3.05) is 13.1 Å². The van der Waals surface area contributed by atoms with E-state index in [1.54, 1.807) is 0 Å². The van der Waals surface area contributed by atoms with Crippen LogP contribution < -0.4 is 16.0 Å². The van der Waals surface area contributed by atoms with Gasteiger partial charge in [-0.2, -0.15) is 0 Å². The molecule has 6 nitrogen and oxygen atoms in total. The highest BCUT2D eigenvalue weighted by Gasteiger charge is 2.29. The number of rotatable bonds is 3. The molecule has 16 heavy (non-hydrogen) atoms. The van der Waals surface area contributed by atoms with Crippen LogP contribution in [0.15, 0.2) is 0 Å². The summed E-state index contributed by atoms with van der Waals surface area (Å²) in [6.45, 7) is 1.73. The molecule has 0 aliphatic carbocycles. The van der Waals surface area contributed by atoms with Gasteiger partial charge in [0.1, 0.15) is 6.04 Å². The molecule has 2 aliphatic heterocycles. The first-order valence-electron chi connectivity index (χ1n) is 5.49. The molecule has 0 radical (unpaired) electrons. The minimum atomic E-state index is -0.543.